The smallest absolute Gasteiger partial charge is 0.491 e. The Kier molecular flexibility index (Phi) is 5.83. The fraction of sp³-hybridized carbons (Fsp3) is 0.571. The standard InChI is InChI=1S/C14H20F3NO2/c1-9-6-12(8-11(3)18)7-10(2)13(9)19-4-5-20-14(15,16)17/h6-7,11H,4-5,8,18H2,1-3H3. The summed E-state index contributed by atoms with van der Waals surface area (Å²) in [5.41, 5.74) is 8.60. The van der Waals surface area contributed by atoms with Gasteiger partial charge in [0.1, 0.15) is 12.4 Å². The van der Waals surface area contributed by atoms with E-state index in [2.05, 4.69) is 4.74 Å². The van der Waals surface area contributed by atoms with Crippen molar-refractivity contribution < 1.29 is 22.6 Å². The maximum absolute atomic E-state index is 11.8. The molecule has 0 aliphatic heterocycles. The third-order valence-corrected chi connectivity index (χ3v) is 2.67. The van der Waals surface area contributed by atoms with Crippen LogP contribution in [0.1, 0.15) is 23.6 Å². The Balaban J connectivity index is 2.62. The van der Waals surface area contributed by atoms with E-state index in [0.717, 1.165) is 23.1 Å². The second-order valence-corrected chi connectivity index (χ2v) is 4.88. The molecule has 3 nitrogen and oxygen atoms in total. The average Bonchev–Trinajstić information content (AvgIpc) is 2.24. The van der Waals surface area contributed by atoms with Gasteiger partial charge in [0, 0.05) is 6.04 Å². The monoisotopic (exact) mass is 291 g/mol. The minimum Gasteiger partial charge on any atom is -0.491 e. The summed E-state index contributed by atoms with van der Waals surface area (Å²) >= 11 is 0. The maximum Gasteiger partial charge on any atom is 0.522 e. The first kappa shape index (κ1) is 16.8. The molecule has 1 atom stereocenters. The van der Waals surface area contributed by atoms with Gasteiger partial charge in [-0.1, -0.05) is 12.1 Å². The van der Waals surface area contributed by atoms with Crippen molar-refractivity contribution in [2.45, 2.75) is 39.6 Å². The molecule has 0 aromatic heterocycles. The van der Waals surface area contributed by atoms with Crippen molar-refractivity contribution in [2.75, 3.05) is 13.2 Å². The molecule has 0 bridgehead atoms. The molecule has 114 valence electrons. The van der Waals surface area contributed by atoms with Crippen LogP contribution in [0.5, 0.6) is 5.75 Å². The third kappa shape index (κ3) is 5.79. The number of ether oxygens (including phenoxy) is 2. The van der Waals surface area contributed by atoms with Gasteiger partial charge in [0.15, 0.2) is 0 Å². The molecule has 0 radical (unpaired) electrons. The van der Waals surface area contributed by atoms with Crippen LogP contribution in [-0.4, -0.2) is 25.6 Å². The van der Waals surface area contributed by atoms with Gasteiger partial charge >= 0.3 is 6.36 Å². The van der Waals surface area contributed by atoms with Gasteiger partial charge in [-0.2, -0.15) is 0 Å². The zero-order valence-electron chi connectivity index (χ0n) is 11.9. The quantitative estimate of drug-likeness (QED) is 0.819. The summed E-state index contributed by atoms with van der Waals surface area (Å²) < 4.78 is 44.5. The van der Waals surface area contributed by atoms with Crippen LogP contribution in [0.2, 0.25) is 0 Å². The molecular formula is C14H20F3NO2. The van der Waals surface area contributed by atoms with Crippen molar-refractivity contribution in [3.05, 3.63) is 28.8 Å². The van der Waals surface area contributed by atoms with E-state index in [1.165, 1.54) is 0 Å². The largest absolute Gasteiger partial charge is 0.522 e. The fourth-order valence-corrected chi connectivity index (χ4v) is 2.06. The van der Waals surface area contributed by atoms with Crippen LogP contribution in [0.3, 0.4) is 0 Å². The second kappa shape index (κ2) is 6.95. The molecule has 0 heterocycles. The summed E-state index contributed by atoms with van der Waals surface area (Å²) in [5, 5.41) is 0. The molecule has 20 heavy (non-hydrogen) atoms. The van der Waals surface area contributed by atoms with Crippen LogP contribution in [0.25, 0.3) is 0 Å². The first-order valence-corrected chi connectivity index (χ1v) is 6.38. The molecule has 0 saturated heterocycles. The number of hydrogen-bond donors (Lipinski definition) is 1. The summed E-state index contributed by atoms with van der Waals surface area (Å²) in [7, 11) is 0. The highest BCUT2D eigenvalue weighted by Gasteiger charge is 2.28. The molecule has 1 unspecified atom stereocenters. The molecule has 0 aliphatic rings. The van der Waals surface area contributed by atoms with E-state index in [1.54, 1.807) is 0 Å². The Bertz CT molecular complexity index is 422. The highest BCUT2D eigenvalue weighted by Crippen LogP contribution is 2.25. The van der Waals surface area contributed by atoms with Gasteiger partial charge < -0.3 is 10.5 Å². The van der Waals surface area contributed by atoms with Gasteiger partial charge in [-0.05, 0) is 43.9 Å². The van der Waals surface area contributed by atoms with E-state index in [-0.39, 0.29) is 12.6 Å². The Morgan fingerprint density at radius 3 is 2.15 bits per heavy atom. The van der Waals surface area contributed by atoms with Crippen molar-refractivity contribution in [3.8, 4) is 5.75 Å². The van der Waals surface area contributed by atoms with Crippen LogP contribution in [0.15, 0.2) is 12.1 Å². The Hall–Kier alpha value is -1.27. The van der Waals surface area contributed by atoms with Crippen molar-refractivity contribution >= 4 is 0 Å². The molecule has 0 spiro atoms. The molecule has 0 fully saturated rings. The minimum absolute atomic E-state index is 0.0563. The van der Waals surface area contributed by atoms with Gasteiger partial charge in [0.2, 0.25) is 0 Å². The highest BCUT2D eigenvalue weighted by atomic mass is 19.4. The van der Waals surface area contributed by atoms with E-state index in [4.69, 9.17) is 10.5 Å². The van der Waals surface area contributed by atoms with E-state index in [0.29, 0.717) is 5.75 Å². The normalized spacial score (nSPS) is 13.3. The van der Waals surface area contributed by atoms with E-state index in [1.807, 2.05) is 32.9 Å². The molecule has 6 heteroatoms. The molecule has 0 saturated carbocycles. The average molecular weight is 291 g/mol. The molecule has 1 aromatic carbocycles. The number of alkyl halides is 3. The number of hydrogen-bond acceptors (Lipinski definition) is 3. The van der Waals surface area contributed by atoms with Crippen LogP contribution in [0.4, 0.5) is 13.2 Å². The SMILES string of the molecule is Cc1cc(CC(C)N)cc(C)c1OCCOC(F)(F)F. The van der Waals surface area contributed by atoms with E-state index < -0.39 is 13.0 Å². The fourth-order valence-electron chi connectivity index (χ4n) is 2.06. The van der Waals surface area contributed by atoms with Crippen LogP contribution < -0.4 is 10.5 Å². The molecule has 1 aromatic rings. The Labute approximate surface area is 116 Å². The van der Waals surface area contributed by atoms with Gasteiger partial charge in [-0.15, -0.1) is 13.2 Å². The zero-order chi connectivity index (χ0) is 15.3. The Morgan fingerprint density at radius 1 is 1.15 bits per heavy atom. The van der Waals surface area contributed by atoms with Crippen LogP contribution in [-0.2, 0) is 11.2 Å². The summed E-state index contributed by atoms with van der Waals surface area (Å²) in [6, 6.07) is 3.94. The number of benzene rings is 1. The first-order chi connectivity index (χ1) is 9.19. The molecule has 2 N–H and O–H groups in total. The summed E-state index contributed by atoms with van der Waals surface area (Å²) in [6.45, 7) is 4.97. The molecule has 1 rings (SSSR count). The first-order valence-electron chi connectivity index (χ1n) is 6.38. The molecular weight excluding hydrogens is 271 g/mol. The van der Waals surface area contributed by atoms with E-state index >= 15 is 0 Å². The zero-order valence-corrected chi connectivity index (χ0v) is 11.9. The van der Waals surface area contributed by atoms with Gasteiger partial charge in [-0.25, -0.2) is 0 Å². The highest BCUT2D eigenvalue weighted by molar-refractivity contribution is 5.43. The second-order valence-electron chi connectivity index (χ2n) is 4.88. The lowest BCUT2D eigenvalue weighted by molar-refractivity contribution is -0.325. The predicted molar refractivity (Wildman–Crippen MR) is 70.8 cm³/mol. The van der Waals surface area contributed by atoms with Gasteiger partial charge in [-0.3, -0.25) is 4.74 Å². The number of halogens is 3. The topological polar surface area (TPSA) is 44.5 Å². The minimum atomic E-state index is -4.62. The lowest BCUT2D eigenvalue weighted by Crippen LogP contribution is -2.19. The number of aryl methyl sites for hydroxylation is 2. The van der Waals surface area contributed by atoms with Crippen molar-refractivity contribution in [2.24, 2.45) is 5.73 Å². The maximum atomic E-state index is 11.8. The van der Waals surface area contributed by atoms with Crippen molar-refractivity contribution in [1.82, 2.24) is 0 Å². The lowest BCUT2D eigenvalue weighted by atomic mass is 10.0. The predicted octanol–water partition coefficient (Wildman–Crippen LogP) is 3.11. The molecule has 0 aliphatic carbocycles. The van der Waals surface area contributed by atoms with Gasteiger partial charge in [0.25, 0.3) is 0 Å². The molecule has 0 amide bonds. The third-order valence-electron chi connectivity index (χ3n) is 2.67. The lowest BCUT2D eigenvalue weighted by Gasteiger charge is -2.15. The van der Waals surface area contributed by atoms with Crippen molar-refractivity contribution in [3.63, 3.8) is 0 Å². The van der Waals surface area contributed by atoms with Gasteiger partial charge in [0.05, 0.1) is 6.61 Å². The van der Waals surface area contributed by atoms with Crippen LogP contribution in [0, 0.1) is 13.8 Å². The Morgan fingerprint density at radius 2 is 1.70 bits per heavy atom. The van der Waals surface area contributed by atoms with Crippen molar-refractivity contribution in [1.29, 1.82) is 0 Å². The number of rotatable bonds is 6. The van der Waals surface area contributed by atoms with E-state index in [9.17, 15) is 13.2 Å². The summed E-state index contributed by atoms with van der Waals surface area (Å²) in [4.78, 5) is 0. The van der Waals surface area contributed by atoms with Crippen LogP contribution >= 0.6 is 0 Å². The summed E-state index contributed by atoms with van der Waals surface area (Å²) in [6.07, 6.45) is -3.87. The number of nitrogens with two attached hydrogens (primary N) is 1. The summed E-state index contributed by atoms with van der Waals surface area (Å²) in [5.74, 6) is 0.601.